The van der Waals surface area contributed by atoms with E-state index in [0.29, 0.717) is 22.6 Å². The number of carbonyl (C=O) groups is 1. The molecule has 0 unspecified atom stereocenters. The van der Waals surface area contributed by atoms with Crippen molar-refractivity contribution in [1.82, 2.24) is 0 Å². The topological polar surface area (TPSA) is 72.0 Å². The number of rotatable bonds is 3. The van der Waals surface area contributed by atoms with Crippen LogP contribution in [-0.4, -0.2) is 24.5 Å². The summed E-state index contributed by atoms with van der Waals surface area (Å²) in [5, 5.41) is 11.3. The fraction of sp³-hybridized carbons (Fsp3) is 0.0769. The summed E-state index contributed by atoms with van der Waals surface area (Å²) >= 11 is 3.30. The molecule has 0 fully saturated rings. The first-order valence-electron chi connectivity index (χ1n) is 5.31. The number of hydrogen-bond donors (Lipinski definition) is 1. The highest BCUT2D eigenvalue weighted by molar-refractivity contribution is 9.10. The third-order valence-corrected chi connectivity index (χ3v) is 2.96. The maximum atomic E-state index is 11.7. The average molecular weight is 324 g/mol. The van der Waals surface area contributed by atoms with Crippen LogP contribution in [0, 0.1) is 0 Å². The van der Waals surface area contributed by atoms with E-state index in [4.69, 9.17) is 14.4 Å². The van der Waals surface area contributed by atoms with E-state index in [2.05, 4.69) is 21.1 Å². The van der Waals surface area contributed by atoms with E-state index >= 15 is 0 Å². The molecule has 0 radical (unpaired) electrons. The molecule has 2 aromatic rings. The molecule has 1 aromatic heterocycles. The van der Waals surface area contributed by atoms with Crippen LogP contribution in [0.15, 0.2) is 44.4 Å². The molecule has 2 rings (SSSR count). The second-order valence-electron chi connectivity index (χ2n) is 3.63. The number of hydrogen-bond acceptors (Lipinski definition) is 5. The van der Waals surface area contributed by atoms with Gasteiger partial charge in [-0.1, -0.05) is 21.1 Å². The Bertz CT molecular complexity index is 633. The van der Waals surface area contributed by atoms with Gasteiger partial charge in [0.1, 0.15) is 17.7 Å². The molecule has 0 atom stereocenters. The summed E-state index contributed by atoms with van der Waals surface area (Å²) in [5.74, 6) is 0.420. The third-order valence-electron chi connectivity index (χ3n) is 2.46. The van der Waals surface area contributed by atoms with Crippen LogP contribution < -0.4 is 0 Å². The van der Waals surface area contributed by atoms with Gasteiger partial charge in [-0.15, -0.1) is 0 Å². The van der Waals surface area contributed by atoms with Gasteiger partial charge in [0.15, 0.2) is 0 Å². The number of esters is 1. The molecule has 0 aliphatic rings. The zero-order valence-corrected chi connectivity index (χ0v) is 11.5. The van der Waals surface area contributed by atoms with Gasteiger partial charge in [-0.3, -0.25) is 0 Å². The first-order chi connectivity index (χ1) is 9.15. The van der Waals surface area contributed by atoms with Gasteiger partial charge in [-0.2, -0.15) is 0 Å². The fourth-order valence-electron chi connectivity index (χ4n) is 1.63. The van der Waals surface area contributed by atoms with Gasteiger partial charge < -0.3 is 14.4 Å². The van der Waals surface area contributed by atoms with E-state index in [1.807, 2.05) is 0 Å². The van der Waals surface area contributed by atoms with E-state index in [9.17, 15) is 4.79 Å². The zero-order chi connectivity index (χ0) is 13.8. The quantitative estimate of drug-likeness (QED) is 0.407. The Morgan fingerprint density at radius 3 is 2.89 bits per heavy atom. The largest absolute Gasteiger partial charge is 0.465 e. The fourth-order valence-corrected chi connectivity index (χ4v) is 2.00. The molecule has 0 saturated heterocycles. The van der Waals surface area contributed by atoms with Crippen molar-refractivity contribution in [1.29, 1.82) is 0 Å². The maximum Gasteiger partial charge on any atom is 0.338 e. The third kappa shape index (κ3) is 2.85. The molecule has 1 heterocycles. The maximum absolute atomic E-state index is 11.7. The molecular formula is C13H10BrNO4. The lowest BCUT2D eigenvalue weighted by molar-refractivity contribution is 0.0601. The lowest BCUT2D eigenvalue weighted by Crippen LogP contribution is -2.03. The molecule has 5 nitrogen and oxygen atoms in total. The lowest BCUT2D eigenvalue weighted by Gasteiger charge is -2.06. The number of carbonyl (C=O) groups excluding carboxylic acids is 1. The minimum atomic E-state index is -0.454. The monoisotopic (exact) mass is 323 g/mol. The van der Waals surface area contributed by atoms with Gasteiger partial charge in [0.25, 0.3) is 0 Å². The number of furan rings is 1. The molecule has 0 spiro atoms. The van der Waals surface area contributed by atoms with E-state index in [1.54, 1.807) is 30.3 Å². The van der Waals surface area contributed by atoms with Crippen LogP contribution in [0.3, 0.4) is 0 Å². The zero-order valence-electron chi connectivity index (χ0n) is 9.96. The van der Waals surface area contributed by atoms with Crippen LogP contribution in [0.5, 0.6) is 0 Å². The average Bonchev–Trinajstić information content (AvgIpc) is 2.86. The van der Waals surface area contributed by atoms with Crippen molar-refractivity contribution in [2.24, 2.45) is 5.16 Å². The van der Waals surface area contributed by atoms with Gasteiger partial charge in [0.05, 0.1) is 12.7 Å². The van der Waals surface area contributed by atoms with Gasteiger partial charge in [-0.05, 0) is 30.3 Å². The molecule has 1 aromatic carbocycles. The van der Waals surface area contributed by atoms with Crippen LogP contribution in [0.25, 0.3) is 11.3 Å². The highest BCUT2D eigenvalue weighted by atomic mass is 79.9. The number of halogens is 1. The summed E-state index contributed by atoms with van der Waals surface area (Å²) in [6.07, 6.45) is 1.17. The SMILES string of the molecule is COC(=O)c1cc(Br)ccc1-c1ccc(/C=N/O)o1. The second kappa shape index (κ2) is 5.71. The van der Waals surface area contributed by atoms with Crippen molar-refractivity contribution in [3.63, 3.8) is 0 Å². The van der Waals surface area contributed by atoms with Gasteiger partial charge in [0.2, 0.25) is 0 Å². The first-order valence-corrected chi connectivity index (χ1v) is 6.10. The summed E-state index contributed by atoms with van der Waals surface area (Å²) in [4.78, 5) is 11.7. The smallest absolute Gasteiger partial charge is 0.338 e. The van der Waals surface area contributed by atoms with Crippen molar-refractivity contribution in [2.45, 2.75) is 0 Å². The van der Waals surface area contributed by atoms with E-state index < -0.39 is 5.97 Å². The summed E-state index contributed by atoms with van der Waals surface area (Å²) in [6.45, 7) is 0. The Balaban J connectivity index is 2.51. The predicted molar refractivity (Wildman–Crippen MR) is 72.6 cm³/mol. The standard InChI is InChI=1S/C13H10BrNO4/c1-18-13(16)11-6-8(14)2-4-10(11)12-5-3-9(19-12)7-15-17/h2-7,17H,1H3/b15-7+. The molecule has 98 valence electrons. The van der Waals surface area contributed by atoms with E-state index in [-0.39, 0.29) is 0 Å². The minimum absolute atomic E-state index is 0.385. The van der Waals surface area contributed by atoms with E-state index in [0.717, 1.165) is 4.47 Å². The number of methoxy groups -OCH3 is 1. The predicted octanol–water partition coefficient (Wildman–Crippen LogP) is 3.30. The van der Waals surface area contributed by atoms with Gasteiger partial charge in [0, 0.05) is 10.0 Å². The summed E-state index contributed by atoms with van der Waals surface area (Å²) < 4.78 is 11.0. The Kier molecular flexibility index (Phi) is 4.01. The highest BCUT2D eigenvalue weighted by Gasteiger charge is 2.16. The van der Waals surface area contributed by atoms with Crippen LogP contribution >= 0.6 is 15.9 Å². The highest BCUT2D eigenvalue weighted by Crippen LogP contribution is 2.28. The normalized spacial score (nSPS) is 10.8. The number of benzene rings is 1. The van der Waals surface area contributed by atoms with Crippen molar-refractivity contribution in [3.8, 4) is 11.3 Å². The Morgan fingerprint density at radius 2 is 2.21 bits per heavy atom. The summed E-state index contributed by atoms with van der Waals surface area (Å²) in [5.41, 5.74) is 0.992. The molecule has 0 aliphatic heterocycles. The molecular weight excluding hydrogens is 314 g/mol. The Labute approximate surface area is 117 Å². The molecule has 0 amide bonds. The molecule has 0 bridgehead atoms. The van der Waals surface area contributed by atoms with Crippen molar-refractivity contribution >= 4 is 28.1 Å². The number of ether oxygens (including phenoxy) is 1. The molecule has 19 heavy (non-hydrogen) atoms. The summed E-state index contributed by atoms with van der Waals surface area (Å²) in [7, 11) is 1.32. The van der Waals surface area contributed by atoms with Crippen LogP contribution in [0.1, 0.15) is 16.1 Å². The Hall–Kier alpha value is -2.08. The number of oxime groups is 1. The molecule has 1 N–H and O–H groups in total. The van der Waals surface area contributed by atoms with Crippen LogP contribution in [0.2, 0.25) is 0 Å². The lowest BCUT2D eigenvalue weighted by atomic mass is 10.1. The van der Waals surface area contributed by atoms with Gasteiger partial charge in [-0.25, -0.2) is 4.79 Å². The second-order valence-corrected chi connectivity index (χ2v) is 4.54. The van der Waals surface area contributed by atoms with Crippen molar-refractivity contribution in [3.05, 3.63) is 46.1 Å². The van der Waals surface area contributed by atoms with Crippen molar-refractivity contribution in [2.75, 3.05) is 7.11 Å². The summed E-state index contributed by atoms with van der Waals surface area (Å²) in [6, 6.07) is 8.52. The van der Waals surface area contributed by atoms with Crippen LogP contribution in [-0.2, 0) is 4.74 Å². The van der Waals surface area contributed by atoms with Crippen LogP contribution in [0.4, 0.5) is 0 Å². The molecule has 6 heteroatoms. The molecule has 0 aliphatic carbocycles. The Morgan fingerprint density at radius 1 is 1.42 bits per heavy atom. The molecule has 0 saturated carbocycles. The number of nitrogens with zero attached hydrogens (tertiary/aromatic N) is 1. The minimum Gasteiger partial charge on any atom is -0.465 e. The first kappa shape index (κ1) is 13.4. The van der Waals surface area contributed by atoms with E-state index in [1.165, 1.54) is 13.3 Å². The van der Waals surface area contributed by atoms with Crippen molar-refractivity contribution < 1.29 is 19.2 Å². The van der Waals surface area contributed by atoms with Gasteiger partial charge >= 0.3 is 5.97 Å².